The molecule has 0 saturated carbocycles. The van der Waals surface area contributed by atoms with Gasteiger partial charge in [0.05, 0.1) is 6.26 Å². The van der Waals surface area contributed by atoms with Crippen LogP contribution in [0.15, 0.2) is 47.1 Å². The van der Waals surface area contributed by atoms with E-state index < -0.39 is 20.5 Å². The zero-order chi connectivity index (χ0) is 19.5. The van der Waals surface area contributed by atoms with Crippen molar-refractivity contribution < 1.29 is 22.4 Å². The van der Waals surface area contributed by atoms with Crippen molar-refractivity contribution in [3.63, 3.8) is 0 Å². The Bertz CT molecular complexity index is 914. The number of sulfone groups is 1. The Labute approximate surface area is 157 Å². The van der Waals surface area contributed by atoms with Gasteiger partial charge in [0, 0.05) is 17.6 Å². The quantitative estimate of drug-likeness (QED) is 0.713. The molecule has 1 saturated heterocycles. The van der Waals surface area contributed by atoms with Gasteiger partial charge in [0.25, 0.3) is 5.91 Å². The highest BCUT2D eigenvalue weighted by molar-refractivity contribution is 7.92. The van der Waals surface area contributed by atoms with Crippen molar-refractivity contribution in [3.05, 3.63) is 48.4 Å². The first-order chi connectivity index (χ1) is 12.8. The zero-order valence-corrected chi connectivity index (χ0v) is 15.6. The van der Waals surface area contributed by atoms with Gasteiger partial charge in [-0.15, -0.1) is 0 Å². The number of piperidine rings is 1. The van der Waals surface area contributed by atoms with Gasteiger partial charge >= 0.3 is 0 Å². The second-order valence-corrected chi connectivity index (χ2v) is 8.81. The van der Waals surface area contributed by atoms with E-state index in [0.717, 1.165) is 6.26 Å². The van der Waals surface area contributed by atoms with Crippen LogP contribution in [0.2, 0.25) is 0 Å². The van der Waals surface area contributed by atoms with E-state index >= 15 is 0 Å². The molecule has 0 atom stereocenters. The molecule has 2 amide bonds. The first kappa shape index (κ1) is 19.1. The van der Waals surface area contributed by atoms with Crippen LogP contribution in [0.1, 0.15) is 23.4 Å². The Balaban J connectivity index is 1.70. The van der Waals surface area contributed by atoms with Gasteiger partial charge < -0.3 is 20.4 Å². The van der Waals surface area contributed by atoms with Gasteiger partial charge in [-0.1, -0.05) is 0 Å². The summed E-state index contributed by atoms with van der Waals surface area (Å²) < 4.78 is 28.2. The fourth-order valence-electron chi connectivity index (χ4n) is 3.08. The van der Waals surface area contributed by atoms with Gasteiger partial charge in [0.1, 0.15) is 0 Å². The number of rotatable bonds is 5. The molecule has 0 spiro atoms. The molecule has 1 aliphatic rings. The maximum atomic E-state index is 12.8. The van der Waals surface area contributed by atoms with Gasteiger partial charge in [-0.2, -0.15) is 0 Å². The number of nitrogens with one attached hydrogen (secondary N) is 3. The van der Waals surface area contributed by atoms with Crippen LogP contribution in [0.4, 0.5) is 11.4 Å². The molecule has 3 rings (SSSR count). The third-order valence-electron chi connectivity index (χ3n) is 4.68. The van der Waals surface area contributed by atoms with E-state index in [1.807, 2.05) is 0 Å². The molecule has 9 heteroatoms. The van der Waals surface area contributed by atoms with Crippen LogP contribution >= 0.6 is 0 Å². The van der Waals surface area contributed by atoms with E-state index in [1.54, 1.807) is 36.4 Å². The summed E-state index contributed by atoms with van der Waals surface area (Å²) in [6.07, 6.45) is 2.97. The van der Waals surface area contributed by atoms with E-state index in [1.165, 1.54) is 6.26 Å². The highest BCUT2D eigenvalue weighted by atomic mass is 32.2. The molecule has 0 bridgehead atoms. The highest BCUT2D eigenvalue weighted by Gasteiger charge is 2.48. The van der Waals surface area contributed by atoms with E-state index in [9.17, 15) is 18.0 Å². The van der Waals surface area contributed by atoms with E-state index in [2.05, 4.69) is 16.0 Å². The fraction of sp³-hybridized carbons (Fsp3) is 0.333. The van der Waals surface area contributed by atoms with E-state index in [-0.39, 0.29) is 24.5 Å². The molecule has 0 aliphatic carbocycles. The second-order valence-electron chi connectivity index (χ2n) is 6.48. The standard InChI is InChI=1S/C18H21N3O5S/c1-27(24,25)18(8-10-19-11-9-18)17(23)21-14-6-4-13(5-7-14)20-16(22)15-3-2-12-26-15/h2-7,12,19H,8-11H2,1H3,(H,20,22)(H,21,23). The first-order valence-corrected chi connectivity index (χ1v) is 10.4. The molecule has 1 aliphatic heterocycles. The maximum Gasteiger partial charge on any atom is 0.291 e. The van der Waals surface area contributed by atoms with Crippen molar-refractivity contribution >= 4 is 33.0 Å². The first-order valence-electron chi connectivity index (χ1n) is 8.48. The van der Waals surface area contributed by atoms with Crippen LogP contribution in [0.5, 0.6) is 0 Å². The predicted octanol–water partition coefficient (Wildman–Crippen LogP) is 1.64. The number of hydrogen-bond donors (Lipinski definition) is 3. The van der Waals surface area contributed by atoms with Crippen molar-refractivity contribution in [2.45, 2.75) is 17.6 Å². The van der Waals surface area contributed by atoms with Crippen LogP contribution in [0, 0.1) is 0 Å². The van der Waals surface area contributed by atoms with Gasteiger partial charge in [0.15, 0.2) is 20.3 Å². The summed E-state index contributed by atoms with van der Waals surface area (Å²) in [6, 6.07) is 9.61. The number of furan rings is 1. The molecule has 8 nitrogen and oxygen atoms in total. The molecule has 1 aromatic heterocycles. The summed E-state index contributed by atoms with van der Waals surface area (Å²) in [7, 11) is -3.58. The van der Waals surface area contributed by atoms with Crippen molar-refractivity contribution in [1.82, 2.24) is 5.32 Å². The molecular formula is C18H21N3O5S. The number of anilines is 2. The Kier molecular flexibility index (Phi) is 5.33. The Morgan fingerprint density at radius 1 is 1.04 bits per heavy atom. The predicted molar refractivity (Wildman–Crippen MR) is 101 cm³/mol. The van der Waals surface area contributed by atoms with E-state index in [0.29, 0.717) is 24.5 Å². The van der Waals surface area contributed by atoms with Crippen molar-refractivity contribution in [1.29, 1.82) is 0 Å². The monoisotopic (exact) mass is 391 g/mol. The molecule has 2 heterocycles. The summed E-state index contributed by atoms with van der Waals surface area (Å²) in [4.78, 5) is 24.7. The summed E-state index contributed by atoms with van der Waals surface area (Å²) in [5.74, 6) is -0.727. The number of amides is 2. The minimum absolute atomic E-state index is 0.188. The number of hydrogen-bond acceptors (Lipinski definition) is 6. The van der Waals surface area contributed by atoms with Crippen molar-refractivity contribution in [2.24, 2.45) is 0 Å². The van der Waals surface area contributed by atoms with Crippen molar-refractivity contribution in [3.8, 4) is 0 Å². The summed E-state index contributed by atoms with van der Waals surface area (Å²) in [5, 5.41) is 8.44. The maximum absolute atomic E-state index is 12.8. The average Bonchev–Trinajstić information content (AvgIpc) is 3.18. The lowest BCUT2D eigenvalue weighted by Crippen LogP contribution is -2.55. The lowest BCUT2D eigenvalue weighted by Gasteiger charge is -2.34. The normalized spacial score (nSPS) is 16.5. The van der Waals surface area contributed by atoms with Crippen molar-refractivity contribution in [2.75, 3.05) is 30.0 Å². The number of benzene rings is 1. The van der Waals surface area contributed by atoms with Crippen LogP contribution in [0.3, 0.4) is 0 Å². The fourth-order valence-corrected chi connectivity index (χ4v) is 4.41. The van der Waals surface area contributed by atoms with Crippen LogP contribution < -0.4 is 16.0 Å². The minimum Gasteiger partial charge on any atom is -0.459 e. The molecule has 2 aromatic rings. The van der Waals surface area contributed by atoms with Crippen LogP contribution in [0.25, 0.3) is 0 Å². The topological polar surface area (TPSA) is 118 Å². The molecule has 27 heavy (non-hydrogen) atoms. The number of carbonyl (C=O) groups excluding carboxylic acids is 2. The third-order valence-corrected chi connectivity index (χ3v) is 6.69. The molecule has 0 unspecified atom stereocenters. The lowest BCUT2D eigenvalue weighted by atomic mass is 9.95. The smallest absolute Gasteiger partial charge is 0.291 e. The summed E-state index contributed by atoms with van der Waals surface area (Å²) >= 11 is 0. The minimum atomic E-state index is -3.58. The van der Waals surface area contributed by atoms with Crippen LogP contribution in [-0.4, -0.2) is 44.3 Å². The van der Waals surface area contributed by atoms with Crippen LogP contribution in [-0.2, 0) is 14.6 Å². The molecular weight excluding hydrogens is 370 g/mol. The Morgan fingerprint density at radius 3 is 2.15 bits per heavy atom. The largest absolute Gasteiger partial charge is 0.459 e. The van der Waals surface area contributed by atoms with Gasteiger partial charge in [-0.25, -0.2) is 8.42 Å². The molecule has 1 fully saturated rings. The Hall–Kier alpha value is -2.65. The average molecular weight is 391 g/mol. The molecule has 0 radical (unpaired) electrons. The zero-order valence-electron chi connectivity index (χ0n) is 14.8. The van der Waals surface area contributed by atoms with E-state index in [4.69, 9.17) is 4.42 Å². The summed E-state index contributed by atoms with van der Waals surface area (Å²) in [6.45, 7) is 0.941. The Morgan fingerprint density at radius 2 is 1.63 bits per heavy atom. The summed E-state index contributed by atoms with van der Waals surface area (Å²) in [5.41, 5.74) is 0.978. The lowest BCUT2D eigenvalue weighted by molar-refractivity contribution is -0.119. The third kappa shape index (κ3) is 4.04. The SMILES string of the molecule is CS(=O)(=O)C1(C(=O)Nc2ccc(NC(=O)c3ccco3)cc2)CCNCC1. The van der Waals surface area contributed by atoms with Gasteiger partial charge in [-0.05, 0) is 62.3 Å². The van der Waals surface area contributed by atoms with Gasteiger partial charge in [0.2, 0.25) is 5.91 Å². The second kappa shape index (κ2) is 7.53. The highest BCUT2D eigenvalue weighted by Crippen LogP contribution is 2.29. The molecule has 3 N–H and O–H groups in total. The molecule has 144 valence electrons. The molecule has 1 aromatic carbocycles. The van der Waals surface area contributed by atoms with Gasteiger partial charge in [-0.3, -0.25) is 9.59 Å². The number of carbonyl (C=O) groups is 2.